The highest BCUT2D eigenvalue weighted by molar-refractivity contribution is 6.40. The van der Waals surface area contributed by atoms with Crippen LogP contribution in [0.15, 0.2) is 35.5 Å². The molecule has 0 bridgehead atoms. The van der Waals surface area contributed by atoms with E-state index in [9.17, 15) is 14.0 Å². The lowest BCUT2D eigenvalue weighted by atomic mass is 10.0. The predicted octanol–water partition coefficient (Wildman–Crippen LogP) is 4.11. The van der Waals surface area contributed by atoms with Gasteiger partial charge < -0.3 is 9.47 Å². The number of benzene rings is 1. The highest BCUT2D eigenvalue weighted by atomic mass is 19.1. The second kappa shape index (κ2) is 7.50. The molecule has 0 aliphatic carbocycles. The highest BCUT2D eigenvalue weighted by Crippen LogP contribution is 2.34. The van der Waals surface area contributed by atoms with Gasteiger partial charge in [0, 0.05) is 24.2 Å². The Morgan fingerprint density at radius 2 is 2.00 bits per heavy atom. The Bertz CT molecular complexity index is 977. The third kappa shape index (κ3) is 4.60. The van der Waals surface area contributed by atoms with Gasteiger partial charge in [-0.3, -0.25) is 9.59 Å². The van der Waals surface area contributed by atoms with Gasteiger partial charge in [0.15, 0.2) is 11.6 Å². The van der Waals surface area contributed by atoms with Crippen LogP contribution >= 0.6 is 0 Å². The highest BCUT2D eigenvalue weighted by Gasteiger charge is 2.22. The first-order valence-electron chi connectivity index (χ1n) is 8.87. The Balaban J connectivity index is 1.79. The number of ketones is 1. The largest absolute Gasteiger partial charge is 0.460 e. The molecule has 1 aromatic carbocycles. The van der Waals surface area contributed by atoms with Crippen molar-refractivity contribution in [1.82, 2.24) is 4.98 Å². The Morgan fingerprint density at radius 1 is 1.25 bits per heavy atom. The molecule has 146 valence electrons. The SMILES string of the molecule is CC1=Nc2nccc(Oc3ccc(CC(=O)OC(C)(C)C)c(F)c3)c2CC1=O. The molecule has 0 unspecified atom stereocenters. The van der Waals surface area contributed by atoms with Crippen molar-refractivity contribution in [2.24, 2.45) is 4.99 Å². The van der Waals surface area contributed by atoms with E-state index < -0.39 is 17.4 Å². The third-order valence-electron chi connectivity index (χ3n) is 4.01. The summed E-state index contributed by atoms with van der Waals surface area (Å²) in [6, 6.07) is 5.85. The first kappa shape index (κ1) is 19.7. The van der Waals surface area contributed by atoms with Crippen molar-refractivity contribution in [3.63, 3.8) is 0 Å². The minimum Gasteiger partial charge on any atom is -0.460 e. The number of pyridine rings is 1. The molecule has 1 aliphatic rings. The van der Waals surface area contributed by atoms with Crippen LogP contribution in [0.3, 0.4) is 0 Å². The summed E-state index contributed by atoms with van der Waals surface area (Å²) in [5, 5.41) is 0. The van der Waals surface area contributed by atoms with Crippen molar-refractivity contribution >= 4 is 23.3 Å². The van der Waals surface area contributed by atoms with E-state index in [1.165, 1.54) is 18.3 Å². The summed E-state index contributed by atoms with van der Waals surface area (Å²) in [7, 11) is 0. The second-order valence-corrected chi connectivity index (χ2v) is 7.53. The minimum atomic E-state index is -0.630. The van der Waals surface area contributed by atoms with Crippen LogP contribution in [0.25, 0.3) is 0 Å². The average molecular weight is 384 g/mol. The Morgan fingerprint density at radius 3 is 2.68 bits per heavy atom. The standard InChI is InChI=1S/C21H21FN2O4/c1-12-17(25)11-15-18(7-8-23-20(15)24-12)27-14-6-5-13(16(22)10-14)9-19(26)28-21(2,3)4/h5-8,10H,9,11H2,1-4H3. The molecule has 1 aliphatic heterocycles. The van der Waals surface area contributed by atoms with Gasteiger partial charge in [-0.2, -0.15) is 0 Å². The molecule has 1 aromatic heterocycles. The summed E-state index contributed by atoms with van der Waals surface area (Å²) in [4.78, 5) is 32.2. The van der Waals surface area contributed by atoms with Gasteiger partial charge in [-0.1, -0.05) is 6.07 Å². The number of hydrogen-bond acceptors (Lipinski definition) is 6. The Kier molecular flexibility index (Phi) is 5.27. The van der Waals surface area contributed by atoms with Gasteiger partial charge in [0.1, 0.15) is 22.9 Å². The summed E-state index contributed by atoms with van der Waals surface area (Å²) in [6.45, 7) is 6.90. The summed E-state index contributed by atoms with van der Waals surface area (Å²) < 4.78 is 25.4. The molecule has 0 fully saturated rings. The molecule has 0 amide bonds. The van der Waals surface area contributed by atoms with E-state index in [1.807, 2.05) is 0 Å². The number of carbonyl (C=O) groups excluding carboxylic acids is 2. The summed E-state index contributed by atoms with van der Waals surface area (Å²) >= 11 is 0. The lowest BCUT2D eigenvalue weighted by Gasteiger charge is -2.19. The molecule has 2 aromatic rings. The molecule has 6 nitrogen and oxygen atoms in total. The molecule has 0 saturated carbocycles. The summed E-state index contributed by atoms with van der Waals surface area (Å²) in [5.41, 5.74) is 0.551. The van der Waals surface area contributed by atoms with E-state index >= 15 is 0 Å². The van der Waals surface area contributed by atoms with Crippen LogP contribution in [0.4, 0.5) is 10.2 Å². The van der Waals surface area contributed by atoms with E-state index in [4.69, 9.17) is 9.47 Å². The van der Waals surface area contributed by atoms with Gasteiger partial charge in [-0.25, -0.2) is 14.4 Å². The number of fused-ring (bicyclic) bond motifs is 1. The van der Waals surface area contributed by atoms with Crippen molar-refractivity contribution in [2.75, 3.05) is 0 Å². The molecule has 28 heavy (non-hydrogen) atoms. The zero-order chi connectivity index (χ0) is 20.5. The number of aliphatic imine (C=N–C) groups is 1. The zero-order valence-electron chi connectivity index (χ0n) is 16.2. The fourth-order valence-electron chi connectivity index (χ4n) is 2.73. The quantitative estimate of drug-likeness (QED) is 0.741. The first-order valence-corrected chi connectivity index (χ1v) is 8.87. The maximum Gasteiger partial charge on any atom is 0.310 e. The van der Waals surface area contributed by atoms with Gasteiger partial charge in [0.2, 0.25) is 0 Å². The monoisotopic (exact) mass is 384 g/mol. The van der Waals surface area contributed by atoms with E-state index in [2.05, 4.69) is 9.98 Å². The number of carbonyl (C=O) groups is 2. The number of rotatable bonds is 4. The molecule has 2 heterocycles. The van der Waals surface area contributed by atoms with E-state index in [0.29, 0.717) is 22.8 Å². The summed E-state index contributed by atoms with van der Waals surface area (Å²) in [5.74, 6) is -0.112. The first-order chi connectivity index (χ1) is 13.1. The zero-order valence-corrected chi connectivity index (χ0v) is 16.2. The lowest BCUT2D eigenvalue weighted by molar-refractivity contribution is -0.154. The molecule has 0 saturated heterocycles. The Labute approximate surface area is 162 Å². The number of hydrogen-bond donors (Lipinski definition) is 0. The lowest BCUT2D eigenvalue weighted by Crippen LogP contribution is -2.25. The van der Waals surface area contributed by atoms with Crippen molar-refractivity contribution < 1.29 is 23.5 Å². The van der Waals surface area contributed by atoms with Gasteiger partial charge in [-0.05, 0) is 45.4 Å². The number of nitrogens with zero attached hydrogens (tertiary/aromatic N) is 2. The van der Waals surface area contributed by atoms with Crippen LogP contribution in [-0.4, -0.2) is 28.0 Å². The second-order valence-electron chi connectivity index (χ2n) is 7.53. The molecule has 0 N–H and O–H groups in total. The van der Waals surface area contributed by atoms with E-state index in [-0.39, 0.29) is 29.9 Å². The fourth-order valence-corrected chi connectivity index (χ4v) is 2.73. The third-order valence-corrected chi connectivity index (χ3v) is 4.01. The molecule has 7 heteroatoms. The molecule has 0 radical (unpaired) electrons. The molecule has 3 rings (SSSR count). The average Bonchev–Trinajstić information content (AvgIpc) is 2.57. The van der Waals surface area contributed by atoms with Crippen molar-refractivity contribution in [3.05, 3.63) is 47.4 Å². The number of aromatic nitrogens is 1. The topological polar surface area (TPSA) is 77.8 Å². The normalized spacial score (nSPS) is 13.6. The molecule has 0 atom stereocenters. The number of ether oxygens (including phenoxy) is 2. The van der Waals surface area contributed by atoms with Gasteiger partial charge in [0.05, 0.1) is 12.1 Å². The smallest absolute Gasteiger partial charge is 0.310 e. The van der Waals surface area contributed by atoms with Crippen LogP contribution in [0.2, 0.25) is 0 Å². The number of esters is 1. The predicted molar refractivity (Wildman–Crippen MR) is 102 cm³/mol. The van der Waals surface area contributed by atoms with Gasteiger partial charge >= 0.3 is 5.97 Å². The van der Waals surface area contributed by atoms with Crippen LogP contribution in [0.5, 0.6) is 11.5 Å². The fraction of sp³-hybridized carbons (Fsp3) is 0.333. The van der Waals surface area contributed by atoms with Gasteiger partial charge in [0.25, 0.3) is 0 Å². The van der Waals surface area contributed by atoms with Crippen LogP contribution in [-0.2, 0) is 27.2 Å². The minimum absolute atomic E-state index is 0.107. The number of Topliss-reactive ketones (excluding diaryl/α,β-unsaturated/α-hetero) is 1. The van der Waals surface area contributed by atoms with Crippen molar-refractivity contribution in [3.8, 4) is 11.5 Å². The van der Waals surface area contributed by atoms with Gasteiger partial charge in [-0.15, -0.1) is 0 Å². The number of halogens is 1. The van der Waals surface area contributed by atoms with Crippen LogP contribution in [0, 0.1) is 5.82 Å². The van der Waals surface area contributed by atoms with E-state index in [0.717, 1.165) is 0 Å². The molecule has 0 spiro atoms. The molecular formula is C21H21FN2O4. The maximum atomic E-state index is 14.4. The summed E-state index contributed by atoms with van der Waals surface area (Å²) in [6.07, 6.45) is 1.48. The molecular weight excluding hydrogens is 363 g/mol. The van der Waals surface area contributed by atoms with E-state index in [1.54, 1.807) is 39.8 Å². The van der Waals surface area contributed by atoms with Crippen LogP contribution in [0.1, 0.15) is 38.8 Å². The van der Waals surface area contributed by atoms with Crippen LogP contribution < -0.4 is 4.74 Å². The maximum absolute atomic E-state index is 14.4. The Hall–Kier alpha value is -3.09. The van der Waals surface area contributed by atoms with Crippen molar-refractivity contribution in [2.45, 2.75) is 46.1 Å². The van der Waals surface area contributed by atoms with Crippen molar-refractivity contribution in [1.29, 1.82) is 0 Å².